The molecule has 0 saturated carbocycles. The second-order valence-electron chi connectivity index (χ2n) is 3.46. The summed E-state index contributed by atoms with van der Waals surface area (Å²) in [5.74, 6) is -2.28. The first-order chi connectivity index (χ1) is 7.43. The number of hydrogen-bond donors (Lipinski definition) is 1. The lowest BCUT2D eigenvalue weighted by atomic mass is 10.0. The average Bonchev–Trinajstić information content (AvgIpc) is 2.25. The Balaban J connectivity index is 3.38. The van der Waals surface area contributed by atoms with E-state index in [1.165, 1.54) is 26.4 Å². The van der Waals surface area contributed by atoms with Gasteiger partial charge in [-0.25, -0.2) is 8.78 Å². The fraction of sp³-hybridized carbons (Fsp3) is 0.455. The normalized spacial score (nSPS) is 11.4. The van der Waals surface area contributed by atoms with E-state index in [9.17, 15) is 8.78 Å². The van der Waals surface area contributed by atoms with E-state index in [-0.39, 0.29) is 17.9 Å². The van der Waals surface area contributed by atoms with Crippen molar-refractivity contribution in [1.82, 2.24) is 0 Å². The number of benzene rings is 1. The largest absolute Gasteiger partial charge is 0.493 e. The Bertz CT molecular complexity index is 375. The van der Waals surface area contributed by atoms with Crippen LogP contribution in [0.1, 0.15) is 18.1 Å². The molecule has 0 spiro atoms. The fourth-order valence-corrected chi connectivity index (χ4v) is 1.50. The summed E-state index contributed by atoms with van der Waals surface area (Å²) in [6.07, 6.45) is 0. The van der Waals surface area contributed by atoms with Crippen LogP contribution in [0.5, 0.6) is 11.5 Å². The first-order valence-corrected chi connectivity index (χ1v) is 4.77. The zero-order valence-electron chi connectivity index (χ0n) is 9.51. The van der Waals surface area contributed by atoms with Crippen molar-refractivity contribution in [2.24, 2.45) is 5.73 Å². The minimum atomic E-state index is -2.95. The highest BCUT2D eigenvalue weighted by Gasteiger charge is 2.28. The second kappa shape index (κ2) is 4.65. The van der Waals surface area contributed by atoms with Gasteiger partial charge in [-0.2, -0.15) is 0 Å². The fourth-order valence-electron chi connectivity index (χ4n) is 1.50. The van der Waals surface area contributed by atoms with Crippen LogP contribution in [-0.2, 0) is 12.5 Å². The lowest BCUT2D eigenvalue weighted by Crippen LogP contribution is -2.14. The summed E-state index contributed by atoms with van der Waals surface area (Å²) in [6, 6.07) is 2.74. The van der Waals surface area contributed by atoms with Gasteiger partial charge in [-0.15, -0.1) is 0 Å². The van der Waals surface area contributed by atoms with Gasteiger partial charge in [0, 0.05) is 19.0 Å². The first-order valence-electron chi connectivity index (χ1n) is 4.77. The van der Waals surface area contributed by atoms with Crippen LogP contribution < -0.4 is 15.2 Å². The highest BCUT2D eigenvalue weighted by atomic mass is 19.3. The van der Waals surface area contributed by atoms with Crippen LogP contribution in [0.15, 0.2) is 12.1 Å². The van der Waals surface area contributed by atoms with Gasteiger partial charge >= 0.3 is 0 Å². The van der Waals surface area contributed by atoms with Crippen LogP contribution in [0, 0.1) is 0 Å². The van der Waals surface area contributed by atoms with E-state index in [1.807, 2.05) is 0 Å². The number of nitrogens with two attached hydrogens (primary N) is 1. The van der Waals surface area contributed by atoms with Crippen molar-refractivity contribution in [2.45, 2.75) is 19.4 Å². The molecule has 1 aromatic carbocycles. The molecule has 0 aliphatic rings. The van der Waals surface area contributed by atoms with Crippen LogP contribution in [0.25, 0.3) is 0 Å². The lowest BCUT2D eigenvalue weighted by Gasteiger charge is -2.18. The zero-order valence-corrected chi connectivity index (χ0v) is 9.51. The smallest absolute Gasteiger partial charge is 0.270 e. The number of ether oxygens (including phenoxy) is 2. The van der Waals surface area contributed by atoms with E-state index in [1.54, 1.807) is 0 Å². The molecule has 5 heteroatoms. The molecule has 0 aliphatic heterocycles. The van der Waals surface area contributed by atoms with E-state index in [0.717, 1.165) is 6.92 Å². The van der Waals surface area contributed by atoms with Crippen molar-refractivity contribution >= 4 is 0 Å². The maximum Gasteiger partial charge on any atom is 0.270 e. The predicted molar refractivity (Wildman–Crippen MR) is 57.0 cm³/mol. The van der Waals surface area contributed by atoms with Crippen LogP contribution >= 0.6 is 0 Å². The van der Waals surface area contributed by atoms with Crippen molar-refractivity contribution in [1.29, 1.82) is 0 Å². The minimum absolute atomic E-state index is 0.0269. The van der Waals surface area contributed by atoms with E-state index in [2.05, 4.69) is 0 Å². The molecule has 2 N–H and O–H groups in total. The topological polar surface area (TPSA) is 44.5 Å². The first kappa shape index (κ1) is 12.7. The molecule has 3 nitrogen and oxygen atoms in total. The molecule has 0 atom stereocenters. The number of methoxy groups -OCH3 is 2. The van der Waals surface area contributed by atoms with E-state index in [4.69, 9.17) is 15.2 Å². The maximum absolute atomic E-state index is 13.3. The molecule has 1 aromatic rings. The lowest BCUT2D eigenvalue weighted by molar-refractivity contribution is 0.0163. The van der Waals surface area contributed by atoms with Crippen molar-refractivity contribution in [2.75, 3.05) is 14.2 Å². The summed E-state index contributed by atoms with van der Waals surface area (Å²) in [4.78, 5) is 0. The van der Waals surface area contributed by atoms with E-state index in [0.29, 0.717) is 11.3 Å². The summed E-state index contributed by atoms with van der Waals surface area (Å²) < 4.78 is 36.6. The van der Waals surface area contributed by atoms with Gasteiger partial charge in [0.25, 0.3) is 5.92 Å². The Morgan fingerprint density at radius 3 is 2.06 bits per heavy atom. The van der Waals surface area contributed by atoms with Crippen molar-refractivity contribution in [3.8, 4) is 11.5 Å². The predicted octanol–water partition coefficient (Wildman–Crippen LogP) is 2.27. The van der Waals surface area contributed by atoms with Crippen LogP contribution in [-0.4, -0.2) is 14.2 Å². The highest BCUT2D eigenvalue weighted by Crippen LogP contribution is 2.37. The summed E-state index contributed by atoms with van der Waals surface area (Å²) in [6.45, 7) is 0.854. The second-order valence-corrected chi connectivity index (χ2v) is 3.46. The number of halogens is 2. The third-order valence-corrected chi connectivity index (χ3v) is 2.30. The molecule has 0 saturated heterocycles. The molecule has 16 heavy (non-hydrogen) atoms. The molecule has 0 unspecified atom stereocenters. The van der Waals surface area contributed by atoms with Gasteiger partial charge in [-0.05, 0) is 17.7 Å². The van der Waals surface area contributed by atoms with Crippen molar-refractivity contribution in [3.63, 3.8) is 0 Å². The third kappa shape index (κ3) is 2.41. The monoisotopic (exact) mass is 231 g/mol. The van der Waals surface area contributed by atoms with Gasteiger partial charge in [0.15, 0.2) is 11.5 Å². The molecule has 0 aliphatic carbocycles. The summed E-state index contributed by atoms with van der Waals surface area (Å²) >= 11 is 0. The summed E-state index contributed by atoms with van der Waals surface area (Å²) in [5, 5.41) is 0. The standard InChI is InChI=1S/C11H15F2NO2/c1-11(12,13)8-5-10(16-3)9(15-2)4-7(8)6-14/h4-5H,6,14H2,1-3H3. The Kier molecular flexibility index (Phi) is 3.70. The summed E-state index contributed by atoms with van der Waals surface area (Å²) in [7, 11) is 2.85. The van der Waals surface area contributed by atoms with Crippen LogP contribution in [0.2, 0.25) is 0 Å². The molecule has 0 amide bonds. The molecule has 0 bridgehead atoms. The molecule has 90 valence electrons. The van der Waals surface area contributed by atoms with E-state index >= 15 is 0 Å². The average molecular weight is 231 g/mol. The van der Waals surface area contributed by atoms with Crippen LogP contribution in [0.4, 0.5) is 8.78 Å². The maximum atomic E-state index is 13.3. The quantitative estimate of drug-likeness (QED) is 0.864. The van der Waals surface area contributed by atoms with Gasteiger partial charge in [0.2, 0.25) is 0 Å². The SMILES string of the molecule is COc1cc(CN)c(C(C)(F)F)cc1OC. The number of alkyl halides is 2. The minimum Gasteiger partial charge on any atom is -0.493 e. The Hall–Kier alpha value is -1.36. The van der Waals surface area contributed by atoms with Crippen molar-refractivity contribution < 1.29 is 18.3 Å². The molecule has 0 radical (unpaired) electrons. The molecular formula is C11H15F2NO2. The zero-order chi connectivity index (χ0) is 12.3. The highest BCUT2D eigenvalue weighted by molar-refractivity contribution is 5.48. The van der Waals surface area contributed by atoms with Gasteiger partial charge in [-0.1, -0.05) is 0 Å². The van der Waals surface area contributed by atoms with Gasteiger partial charge in [-0.3, -0.25) is 0 Å². The van der Waals surface area contributed by atoms with Gasteiger partial charge < -0.3 is 15.2 Å². The Morgan fingerprint density at radius 2 is 1.69 bits per heavy atom. The Labute approximate surface area is 93.2 Å². The van der Waals surface area contributed by atoms with E-state index < -0.39 is 5.92 Å². The van der Waals surface area contributed by atoms with Gasteiger partial charge in [0.05, 0.1) is 14.2 Å². The third-order valence-electron chi connectivity index (χ3n) is 2.30. The molecule has 0 fully saturated rings. The molecule has 1 rings (SSSR count). The number of hydrogen-bond acceptors (Lipinski definition) is 3. The Morgan fingerprint density at radius 1 is 1.19 bits per heavy atom. The summed E-state index contributed by atoms with van der Waals surface area (Å²) in [5.41, 5.74) is 5.65. The van der Waals surface area contributed by atoms with Gasteiger partial charge in [0.1, 0.15) is 0 Å². The van der Waals surface area contributed by atoms with Crippen molar-refractivity contribution in [3.05, 3.63) is 23.3 Å². The molecular weight excluding hydrogens is 216 g/mol. The molecule has 0 heterocycles. The molecule has 0 aromatic heterocycles. The number of rotatable bonds is 4. The van der Waals surface area contributed by atoms with Crippen LogP contribution in [0.3, 0.4) is 0 Å².